The van der Waals surface area contributed by atoms with Crippen molar-refractivity contribution in [3.8, 4) is 11.5 Å². The fraction of sp³-hybridized carbons (Fsp3) is 0.333. The van der Waals surface area contributed by atoms with Gasteiger partial charge in [-0.2, -0.15) is 0 Å². The Balaban J connectivity index is 2.23. The number of fused-ring (bicyclic) bond motifs is 1. The number of likely N-dealkylation sites (N-methyl/N-ethyl adjacent to an activating group) is 1. The number of rotatable bonds is 6. The van der Waals surface area contributed by atoms with Crippen LogP contribution in [-0.2, 0) is 4.79 Å². The molecule has 0 N–H and O–H groups in total. The molecule has 1 heterocycles. The van der Waals surface area contributed by atoms with E-state index in [4.69, 9.17) is 9.47 Å². The van der Waals surface area contributed by atoms with Gasteiger partial charge in [0.15, 0.2) is 11.5 Å². The Morgan fingerprint density at radius 3 is 2.27 bits per heavy atom. The number of ether oxygens (including phenoxy) is 2. The molecule has 136 valence electrons. The van der Waals surface area contributed by atoms with Gasteiger partial charge in [0.1, 0.15) is 6.54 Å². The minimum Gasteiger partial charge on any atom is -0.490 e. The molecule has 0 spiro atoms. The number of amides is 1. The quantitative estimate of drug-likeness (QED) is 0.797. The second kappa shape index (κ2) is 8.04. The van der Waals surface area contributed by atoms with E-state index < -0.39 is 0 Å². The second-order valence-electron chi connectivity index (χ2n) is 5.85. The van der Waals surface area contributed by atoms with Crippen molar-refractivity contribution in [3.63, 3.8) is 0 Å². The summed E-state index contributed by atoms with van der Waals surface area (Å²) in [6, 6.07) is 13.8. The summed E-state index contributed by atoms with van der Waals surface area (Å²) in [7, 11) is 0. The lowest BCUT2D eigenvalue weighted by Crippen LogP contribution is -2.32. The summed E-state index contributed by atoms with van der Waals surface area (Å²) in [5, 5.41) is 0. The Bertz CT molecular complexity index is 816. The first kappa shape index (κ1) is 18.0. The summed E-state index contributed by atoms with van der Waals surface area (Å²) in [6.07, 6.45) is 0. The fourth-order valence-corrected chi connectivity index (χ4v) is 3.14. The maximum absolute atomic E-state index is 12.6. The molecule has 0 radical (unpaired) electrons. The van der Waals surface area contributed by atoms with E-state index in [1.54, 1.807) is 4.90 Å². The first-order chi connectivity index (χ1) is 12.7. The molecular weight excluding hydrogens is 328 g/mol. The molecule has 0 saturated heterocycles. The van der Waals surface area contributed by atoms with Crippen molar-refractivity contribution in [2.75, 3.05) is 31.2 Å². The van der Waals surface area contributed by atoms with Crippen LogP contribution < -0.4 is 14.4 Å². The smallest absolute Gasteiger partial charge is 0.248 e. The number of aliphatic imine (C=N–C) groups is 1. The molecule has 0 saturated carbocycles. The maximum Gasteiger partial charge on any atom is 0.248 e. The van der Waals surface area contributed by atoms with E-state index in [1.165, 1.54) is 0 Å². The second-order valence-corrected chi connectivity index (χ2v) is 5.85. The van der Waals surface area contributed by atoms with Gasteiger partial charge < -0.3 is 14.4 Å². The Labute approximate surface area is 154 Å². The van der Waals surface area contributed by atoms with E-state index in [0.717, 1.165) is 22.5 Å². The molecule has 3 rings (SSSR count). The molecule has 2 aromatic rings. The number of nitrogens with zero attached hydrogens (tertiary/aromatic N) is 2. The van der Waals surface area contributed by atoms with E-state index in [2.05, 4.69) is 4.99 Å². The predicted molar refractivity (Wildman–Crippen MR) is 104 cm³/mol. The molecule has 0 bridgehead atoms. The van der Waals surface area contributed by atoms with Crippen molar-refractivity contribution < 1.29 is 14.3 Å². The van der Waals surface area contributed by atoms with Gasteiger partial charge in [0.25, 0.3) is 0 Å². The highest BCUT2D eigenvalue weighted by molar-refractivity contribution is 6.20. The molecule has 5 heteroatoms. The standard InChI is InChI=1S/C21H24N2O3/c1-4-23-17-13-19(26-6-3)18(25-5-2)12-16(17)21(22-14-20(23)24)15-10-8-7-9-11-15/h7-13H,4-6,14H2,1-3H3. The van der Waals surface area contributed by atoms with Crippen molar-refractivity contribution in [1.82, 2.24) is 0 Å². The molecule has 2 aromatic carbocycles. The molecule has 0 aromatic heterocycles. The zero-order valence-corrected chi connectivity index (χ0v) is 15.5. The van der Waals surface area contributed by atoms with E-state index in [9.17, 15) is 4.79 Å². The molecule has 0 atom stereocenters. The summed E-state index contributed by atoms with van der Waals surface area (Å²) < 4.78 is 11.6. The molecule has 5 nitrogen and oxygen atoms in total. The predicted octanol–water partition coefficient (Wildman–Crippen LogP) is 3.69. The van der Waals surface area contributed by atoms with Gasteiger partial charge in [-0.1, -0.05) is 30.3 Å². The van der Waals surface area contributed by atoms with Gasteiger partial charge in [-0.15, -0.1) is 0 Å². The van der Waals surface area contributed by atoms with E-state index in [0.29, 0.717) is 31.3 Å². The summed E-state index contributed by atoms with van der Waals surface area (Å²) >= 11 is 0. The summed E-state index contributed by atoms with van der Waals surface area (Å²) in [5.74, 6) is 1.29. The molecule has 1 aliphatic rings. The summed E-state index contributed by atoms with van der Waals surface area (Å²) in [5.41, 5.74) is 3.47. The summed E-state index contributed by atoms with van der Waals surface area (Å²) in [6.45, 7) is 7.60. The molecule has 0 unspecified atom stereocenters. The van der Waals surface area contributed by atoms with Crippen molar-refractivity contribution in [3.05, 3.63) is 53.6 Å². The SMILES string of the molecule is CCOc1cc2c(cc1OCC)N(CC)C(=O)CN=C2c1ccccc1. The average molecular weight is 352 g/mol. The van der Waals surface area contributed by atoms with Crippen molar-refractivity contribution in [2.45, 2.75) is 20.8 Å². The highest BCUT2D eigenvalue weighted by atomic mass is 16.5. The van der Waals surface area contributed by atoms with Crippen LogP contribution in [0.4, 0.5) is 5.69 Å². The van der Waals surface area contributed by atoms with Crippen LogP contribution in [0.2, 0.25) is 0 Å². The van der Waals surface area contributed by atoms with E-state index >= 15 is 0 Å². The lowest BCUT2D eigenvalue weighted by Gasteiger charge is -2.23. The van der Waals surface area contributed by atoms with E-state index in [-0.39, 0.29) is 12.5 Å². The normalized spacial score (nSPS) is 13.7. The highest BCUT2D eigenvalue weighted by Crippen LogP contribution is 2.38. The fourth-order valence-electron chi connectivity index (χ4n) is 3.14. The van der Waals surface area contributed by atoms with Gasteiger partial charge in [-0.05, 0) is 26.8 Å². The number of carbonyl (C=O) groups is 1. The van der Waals surface area contributed by atoms with Gasteiger partial charge in [-0.25, -0.2) is 0 Å². The zero-order chi connectivity index (χ0) is 18.5. The Morgan fingerprint density at radius 1 is 1.00 bits per heavy atom. The lowest BCUT2D eigenvalue weighted by atomic mass is 9.99. The third-order valence-corrected chi connectivity index (χ3v) is 4.24. The highest BCUT2D eigenvalue weighted by Gasteiger charge is 2.26. The van der Waals surface area contributed by atoms with Gasteiger partial charge in [-0.3, -0.25) is 9.79 Å². The number of benzene rings is 2. The van der Waals surface area contributed by atoms with Crippen molar-refractivity contribution in [1.29, 1.82) is 0 Å². The Morgan fingerprint density at radius 2 is 1.65 bits per heavy atom. The maximum atomic E-state index is 12.6. The van der Waals surface area contributed by atoms with Crippen LogP contribution in [0.3, 0.4) is 0 Å². The topological polar surface area (TPSA) is 51.1 Å². The molecular formula is C21H24N2O3. The minimum atomic E-state index is -0.0220. The van der Waals surface area contributed by atoms with Gasteiger partial charge >= 0.3 is 0 Å². The minimum absolute atomic E-state index is 0.0220. The first-order valence-corrected chi connectivity index (χ1v) is 9.03. The van der Waals surface area contributed by atoms with Crippen LogP contribution in [0, 0.1) is 0 Å². The van der Waals surface area contributed by atoms with Gasteiger partial charge in [0, 0.05) is 23.7 Å². The largest absolute Gasteiger partial charge is 0.490 e. The van der Waals surface area contributed by atoms with Gasteiger partial charge in [0.05, 0.1) is 24.6 Å². The Kier molecular flexibility index (Phi) is 5.56. The van der Waals surface area contributed by atoms with Crippen LogP contribution in [0.15, 0.2) is 47.5 Å². The summed E-state index contributed by atoms with van der Waals surface area (Å²) in [4.78, 5) is 19.0. The number of anilines is 1. The number of carbonyl (C=O) groups excluding carboxylic acids is 1. The van der Waals surface area contributed by atoms with E-state index in [1.807, 2.05) is 63.2 Å². The van der Waals surface area contributed by atoms with Crippen LogP contribution in [-0.4, -0.2) is 37.9 Å². The third kappa shape index (κ3) is 3.43. The number of benzodiazepines with no additional fused rings is 1. The first-order valence-electron chi connectivity index (χ1n) is 9.03. The molecule has 0 fully saturated rings. The number of hydrogen-bond donors (Lipinski definition) is 0. The molecule has 1 amide bonds. The van der Waals surface area contributed by atoms with Crippen molar-refractivity contribution >= 4 is 17.3 Å². The monoisotopic (exact) mass is 352 g/mol. The lowest BCUT2D eigenvalue weighted by molar-refractivity contribution is -0.117. The number of hydrogen-bond acceptors (Lipinski definition) is 4. The average Bonchev–Trinajstić information content (AvgIpc) is 2.79. The third-order valence-electron chi connectivity index (χ3n) is 4.24. The van der Waals surface area contributed by atoms with Crippen LogP contribution in [0.5, 0.6) is 11.5 Å². The van der Waals surface area contributed by atoms with Crippen LogP contribution >= 0.6 is 0 Å². The van der Waals surface area contributed by atoms with Crippen molar-refractivity contribution in [2.24, 2.45) is 4.99 Å². The molecule has 1 aliphatic heterocycles. The molecule has 0 aliphatic carbocycles. The Hall–Kier alpha value is -2.82. The zero-order valence-electron chi connectivity index (χ0n) is 15.5. The van der Waals surface area contributed by atoms with Gasteiger partial charge in [0.2, 0.25) is 5.91 Å². The molecule has 26 heavy (non-hydrogen) atoms. The van der Waals surface area contributed by atoms with Crippen LogP contribution in [0.1, 0.15) is 31.9 Å². The van der Waals surface area contributed by atoms with Crippen LogP contribution in [0.25, 0.3) is 0 Å².